The van der Waals surface area contributed by atoms with Gasteiger partial charge in [-0.25, -0.2) is 0 Å². The van der Waals surface area contributed by atoms with Crippen LogP contribution in [0.1, 0.15) is 25.5 Å². The zero-order valence-corrected chi connectivity index (χ0v) is 8.90. The summed E-state index contributed by atoms with van der Waals surface area (Å²) in [5, 5.41) is 0. The van der Waals surface area contributed by atoms with Gasteiger partial charge in [-0.1, -0.05) is 25.1 Å². The van der Waals surface area contributed by atoms with Crippen molar-refractivity contribution in [2.75, 3.05) is 18.8 Å². The molecule has 0 radical (unpaired) electrons. The third kappa shape index (κ3) is 1.62. The van der Waals surface area contributed by atoms with Crippen LogP contribution in [-0.4, -0.2) is 18.0 Å². The third-order valence-corrected chi connectivity index (χ3v) is 3.09. The number of likely N-dealkylation sites (tertiary alicyclic amines) is 1. The number of hydrogen-bond donors (Lipinski definition) is 1. The maximum absolute atomic E-state index is 5.95. The van der Waals surface area contributed by atoms with E-state index in [1.165, 1.54) is 18.7 Å². The Bertz CT molecular complexity index is 316. The molecular formula is C12H18N2. The average Bonchev–Trinajstić information content (AvgIpc) is 2.13. The zero-order chi connectivity index (χ0) is 10.1. The fourth-order valence-electron chi connectivity index (χ4n) is 2.15. The Morgan fingerprint density at radius 2 is 2.00 bits per heavy atom. The zero-order valence-electron chi connectivity index (χ0n) is 8.90. The van der Waals surface area contributed by atoms with Gasteiger partial charge in [-0.15, -0.1) is 0 Å². The van der Waals surface area contributed by atoms with E-state index in [0.717, 1.165) is 11.6 Å². The van der Waals surface area contributed by atoms with Crippen molar-refractivity contribution in [3.8, 4) is 0 Å². The van der Waals surface area contributed by atoms with Crippen LogP contribution in [-0.2, 0) is 0 Å². The second kappa shape index (κ2) is 3.62. The first-order chi connectivity index (χ1) is 6.68. The van der Waals surface area contributed by atoms with E-state index >= 15 is 0 Å². The Hall–Kier alpha value is -1.02. The van der Waals surface area contributed by atoms with Gasteiger partial charge in [-0.2, -0.15) is 0 Å². The second-order valence-corrected chi connectivity index (χ2v) is 4.36. The summed E-state index contributed by atoms with van der Waals surface area (Å²) in [4.78, 5) is 2.47. The van der Waals surface area contributed by atoms with Crippen LogP contribution >= 0.6 is 0 Å². The molecule has 1 aromatic rings. The predicted molar refractivity (Wildman–Crippen MR) is 60.0 cm³/mol. The molecule has 0 bridgehead atoms. The van der Waals surface area contributed by atoms with E-state index < -0.39 is 0 Å². The highest BCUT2D eigenvalue weighted by Crippen LogP contribution is 2.30. The van der Waals surface area contributed by atoms with Crippen LogP contribution < -0.4 is 5.73 Å². The van der Waals surface area contributed by atoms with Crippen molar-refractivity contribution < 1.29 is 0 Å². The van der Waals surface area contributed by atoms with Gasteiger partial charge in [0.2, 0.25) is 0 Å². The number of hydrogen-bond acceptors (Lipinski definition) is 2. The molecule has 1 heterocycles. The maximum Gasteiger partial charge on any atom is 0.0362 e. The highest BCUT2D eigenvalue weighted by atomic mass is 15.2. The van der Waals surface area contributed by atoms with Gasteiger partial charge in [0.15, 0.2) is 0 Å². The van der Waals surface area contributed by atoms with Gasteiger partial charge >= 0.3 is 0 Å². The summed E-state index contributed by atoms with van der Waals surface area (Å²) < 4.78 is 0. The van der Waals surface area contributed by atoms with Crippen LogP contribution in [0.5, 0.6) is 0 Å². The highest BCUT2D eigenvalue weighted by molar-refractivity contribution is 5.48. The minimum absolute atomic E-state index is 0.465. The summed E-state index contributed by atoms with van der Waals surface area (Å²) in [5.41, 5.74) is 8.13. The summed E-state index contributed by atoms with van der Waals surface area (Å²) in [6.07, 6.45) is 0. The molecule has 0 amide bonds. The number of nitrogen functional groups attached to an aromatic ring is 1. The molecule has 1 fully saturated rings. The molecule has 1 saturated heterocycles. The van der Waals surface area contributed by atoms with Gasteiger partial charge in [0.25, 0.3) is 0 Å². The second-order valence-electron chi connectivity index (χ2n) is 4.36. The summed E-state index contributed by atoms with van der Waals surface area (Å²) in [6.45, 7) is 6.93. The Morgan fingerprint density at radius 3 is 2.57 bits per heavy atom. The van der Waals surface area contributed by atoms with Crippen molar-refractivity contribution >= 4 is 5.69 Å². The molecule has 1 atom stereocenters. The van der Waals surface area contributed by atoms with E-state index in [1.807, 2.05) is 12.1 Å². The molecule has 0 aliphatic carbocycles. The summed E-state index contributed by atoms with van der Waals surface area (Å²) >= 11 is 0. The molecule has 1 aliphatic rings. The summed E-state index contributed by atoms with van der Waals surface area (Å²) in [5.74, 6) is 0.849. The first-order valence-corrected chi connectivity index (χ1v) is 5.27. The van der Waals surface area contributed by atoms with Gasteiger partial charge in [0.1, 0.15) is 0 Å². The standard InChI is InChI=1S/C12H18N2/c1-9-7-14(8-9)10(2)11-5-3-4-6-12(11)13/h3-6,9-10H,7-8,13H2,1-2H3. The smallest absolute Gasteiger partial charge is 0.0362 e. The fraction of sp³-hybridized carbons (Fsp3) is 0.500. The molecule has 2 N–H and O–H groups in total. The Balaban J connectivity index is 2.11. The number of rotatable bonds is 2. The van der Waals surface area contributed by atoms with E-state index in [-0.39, 0.29) is 0 Å². The van der Waals surface area contributed by atoms with E-state index in [9.17, 15) is 0 Å². The average molecular weight is 190 g/mol. The molecule has 0 spiro atoms. The van der Waals surface area contributed by atoms with Gasteiger partial charge in [0.05, 0.1) is 0 Å². The van der Waals surface area contributed by atoms with E-state index in [1.54, 1.807) is 0 Å². The van der Waals surface area contributed by atoms with Crippen LogP contribution in [0.25, 0.3) is 0 Å². The van der Waals surface area contributed by atoms with Gasteiger partial charge in [0, 0.05) is 24.8 Å². The van der Waals surface area contributed by atoms with Gasteiger partial charge in [-0.05, 0) is 24.5 Å². The van der Waals surface area contributed by atoms with Crippen molar-refractivity contribution in [1.82, 2.24) is 4.90 Å². The SMILES string of the molecule is CC1CN(C(C)c2ccccc2N)C1. The molecule has 1 aromatic carbocycles. The number of nitrogens with two attached hydrogens (primary N) is 1. The van der Waals surface area contributed by atoms with Crippen molar-refractivity contribution in [3.63, 3.8) is 0 Å². The van der Waals surface area contributed by atoms with Crippen molar-refractivity contribution in [2.24, 2.45) is 5.92 Å². The molecule has 76 valence electrons. The quantitative estimate of drug-likeness (QED) is 0.725. The van der Waals surface area contributed by atoms with Crippen LogP contribution in [0.2, 0.25) is 0 Å². The van der Waals surface area contributed by atoms with Crippen LogP contribution in [0.4, 0.5) is 5.69 Å². The minimum Gasteiger partial charge on any atom is -0.398 e. The number of anilines is 1. The third-order valence-electron chi connectivity index (χ3n) is 3.09. The van der Waals surface area contributed by atoms with Gasteiger partial charge < -0.3 is 5.73 Å². The first kappa shape index (κ1) is 9.53. The minimum atomic E-state index is 0.465. The lowest BCUT2D eigenvalue weighted by Crippen LogP contribution is -2.46. The molecule has 2 heteroatoms. The van der Waals surface area contributed by atoms with Crippen molar-refractivity contribution in [1.29, 1.82) is 0 Å². The van der Waals surface area contributed by atoms with Crippen LogP contribution in [0.3, 0.4) is 0 Å². The number of para-hydroxylation sites is 1. The lowest BCUT2D eigenvalue weighted by Gasteiger charge is -2.42. The Kier molecular flexibility index (Phi) is 2.46. The lowest BCUT2D eigenvalue weighted by atomic mass is 9.96. The molecule has 14 heavy (non-hydrogen) atoms. The molecule has 2 nitrogen and oxygen atoms in total. The van der Waals surface area contributed by atoms with Crippen LogP contribution in [0.15, 0.2) is 24.3 Å². The number of benzene rings is 1. The monoisotopic (exact) mass is 190 g/mol. The molecule has 1 unspecified atom stereocenters. The Labute approximate surface area is 85.7 Å². The molecular weight excluding hydrogens is 172 g/mol. The molecule has 0 saturated carbocycles. The largest absolute Gasteiger partial charge is 0.398 e. The summed E-state index contributed by atoms with van der Waals surface area (Å²) in [7, 11) is 0. The van der Waals surface area contributed by atoms with E-state index in [2.05, 4.69) is 30.9 Å². The maximum atomic E-state index is 5.95. The molecule has 1 aliphatic heterocycles. The van der Waals surface area contributed by atoms with Crippen LogP contribution in [0, 0.1) is 5.92 Å². The lowest BCUT2D eigenvalue weighted by molar-refractivity contribution is 0.0706. The first-order valence-electron chi connectivity index (χ1n) is 5.27. The summed E-state index contributed by atoms with van der Waals surface area (Å²) in [6, 6.07) is 8.63. The normalized spacial score (nSPS) is 20.4. The molecule has 2 rings (SSSR count). The molecule has 0 aromatic heterocycles. The highest BCUT2D eigenvalue weighted by Gasteiger charge is 2.28. The van der Waals surface area contributed by atoms with Crippen molar-refractivity contribution in [3.05, 3.63) is 29.8 Å². The van der Waals surface area contributed by atoms with E-state index in [0.29, 0.717) is 6.04 Å². The topological polar surface area (TPSA) is 29.3 Å². The number of nitrogens with zero attached hydrogens (tertiary/aromatic N) is 1. The van der Waals surface area contributed by atoms with Crippen molar-refractivity contribution in [2.45, 2.75) is 19.9 Å². The fourth-order valence-corrected chi connectivity index (χ4v) is 2.15. The predicted octanol–water partition coefficient (Wildman–Crippen LogP) is 2.28. The van der Waals surface area contributed by atoms with E-state index in [4.69, 9.17) is 5.73 Å². The Morgan fingerprint density at radius 1 is 1.36 bits per heavy atom. The van der Waals surface area contributed by atoms with Gasteiger partial charge in [-0.3, -0.25) is 4.90 Å².